The Morgan fingerprint density at radius 2 is 1.92 bits per heavy atom. The number of hydrogen-bond donors (Lipinski definition) is 0. The van der Waals surface area contributed by atoms with Crippen LogP contribution in [0.4, 0.5) is 0 Å². The molecular formula is C18H11N3O3. The van der Waals surface area contributed by atoms with Crippen molar-refractivity contribution >= 4 is 5.97 Å². The fourth-order valence-electron chi connectivity index (χ4n) is 2.32. The molecule has 6 nitrogen and oxygen atoms in total. The standard InChI is InChI=1S/C18H11N3O3/c1-12-16(15(11-20)17(23-12)21-7-2-3-8-21)18(22)24-14-6-4-5-13(9-14)10-19/h2-9H,1H3. The lowest BCUT2D eigenvalue weighted by Gasteiger charge is -2.04. The van der Waals surface area contributed by atoms with Crippen molar-refractivity contribution in [1.29, 1.82) is 10.5 Å². The first-order valence-electron chi connectivity index (χ1n) is 7.03. The number of ether oxygens (including phenoxy) is 1. The van der Waals surface area contributed by atoms with E-state index in [0.29, 0.717) is 5.56 Å². The van der Waals surface area contributed by atoms with E-state index in [4.69, 9.17) is 14.4 Å². The second kappa shape index (κ2) is 6.15. The first kappa shape index (κ1) is 15.1. The molecule has 0 spiro atoms. The fourth-order valence-corrected chi connectivity index (χ4v) is 2.32. The van der Waals surface area contributed by atoms with Gasteiger partial charge in [0.1, 0.15) is 28.7 Å². The molecule has 3 rings (SSSR count). The first-order valence-corrected chi connectivity index (χ1v) is 7.03. The SMILES string of the molecule is Cc1oc(-n2cccc2)c(C#N)c1C(=O)Oc1cccc(C#N)c1. The van der Waals surface area contributed by atoms with E-state index in [1.54, 1.807) is 54.2 Å². The van der Waals surface area contributed by atoms with Gasteiger partial charge in [0.2, 0.25) is 5.88 Å². The number of aromatic nitrogens is 1. The molecule has 0 radical (unpaired) electrons. The zero-order valence-corrected chi connectivity index (χ0v) is 12.7. The summed E-state index contributed by atoms with van der Waals surface area (Å²) < 4.78 is 12.5. The highest BCUT2D eigenvalue weighted by Gasteiger charge is 2.26. The number of carbonyl (C=O) groups excluding carboxylic acids is 1. The molecule has 0 amide bonds. The lowest BCUT2D eigenvalue weighted by atomic mass is 10.1. The van der Waals surface area contributed by atoms with Gasteiger partial charge in [0, 0.05) is 12.4 Å². The Kier molecular flexibility index (Phi) is 3.88. The maximum atomic E-state index is 12.5. The number of nitriles is 2. The van der Waals surface area contributed by atoms with Gasteiger partial charge < -0.3 is 9.15 Å². The maximum Gasteiger partial charge on any atom is 0.348 e. The smallest absolute Gasteiger partial charge is 0.348 e. The minimum Gasteiger partial charge on any atom is -0.443 e. The van der Waals surface area contributed by atoms with Gasteiger partial charge in [-0.1, -0.05) is 6.07 Å². The Morgan fingerprint density at radius 1 is 1.17 bits per heavy atom. The molecule has 1 aromatic carbocycles. The molecule has 0 saturated heterocycles. The summed E-state index contributed by atoms with van der Waals surface area (Å²) in [5, 5.41) is 18.3. The summed E-state index contributed by atoms with van der Waals surface area (Å²) >= 11 is 0. The number of hydrogen-bond acceptors (Lipinski definition) is 5. The van der Waals surface area contributed by atoms with Gasteiger partial charge in [0.25, 0.3) is 0 Å². The van der Waals surface area contributed by atoms with Gasteiger partial charge in [0.15, 0.2) is 0 Å². The molecule has 0 N–H and O–H groups in total. The molecule has 2 aromatic heterocycles. The molecule has 0 aliphatic rings. The van der Waals surface area contributed by atoms with Crippen LogP contribution in [-0.4, -0.2) is 10.5 Å². The van der Waals surface area contributed by atoms with Gasteiger partial charge in [0.05, 0.1) is 11.6 Å². The molecule has 3 aromatic rings. The maximum absolute atomic E-state index is 12.5. The highest BCUT2D eigenvalue weighted by atomic mass is 16.5. The van der Waals surface area contributed by atoms with Gasteiger partial charge in [-0.25, -0.2) is 4.79 Å². The van der Waals surface area contributed by atoms with Crippen molar-refractivity contribution in [2.24, 2.45) is 0 Å². The van der Waals surface area contributed by atoms with Crippen molar-refractivity contribution in [3.63, 3.8) is 0 Å². The molecular weight excluding hydrogens is 306 g/mol. The Balaban J connectivity index is 1.99. The van der Waals surface area contributed by atoms with Crippen molar-refractivity contribution in [1.82, 2.24) is 4.57 Å². The summed E-state index contributed by atoms with van der Waals surface area (Å²) in [7, 11) is 0. The van der Waals surface area contributed by atoms with E-state index < -0.39 is 5.97 Å². The third-order valence-corrected chi connectivity index (χ3v) is 3.39. The van der Waals surface area contributed by atoms with Crippen LogP contribution in [0.15, 0.2) is 53.2 Å². The van der Waals surface area contributed by atoms with Crippen LogP contribution in [0.3, 0.4) is 0 Å². The number of rotatable bonds is 3. The van der Waals surface area contributed by atoms with Crippen LogP contribution >= 0.6 is 0 Å². The van der Waals surface area contributed by atoms with Crippen LogP contribution in [0.25, 0.3) is 5.88 Å². The first-order chi connectivity index (χ1) is 11.6. The van der Waals surface area contributed by atoms with E-state index in [0.717, 1.165) is 0 Å². The molecule has 0 aliphatic heterocycles. The topological polar surface area (TPSA) is 91.9 Å². The lowest BCUT2D eigenvalue weighted by molar-refractivity contribution is 0.0732. The Labute approximate surface area is 137 Å². The van der Waals surface area contributed by atoms with Crippen LogP contribution in [0.2, 0.25) is 0 Å². The fraction of sp³-hybridized carbons (Fsp3) is 0.0556. The van der Waals surface area contributed by atoms with Crippen molar-refractivity contribution in [2.45, 2.75) is 6.92 Å². The monoisotopic (exact) mass is 317 g/mol. The largest absolute Gasteiger partial charge is 0.443 e. The van der Waals surface area contributed by atoms with Crippen LogP contribution in [-0.2, 0) is 0 Å². The van der Waals surface area contributed by atoms with E-state index >= 15 is 0 Å². The van der Waals surface area contributed by atoms with E-state index in [1.807, 2.05) is 12.1 Å². The third-order valence-electron chi connectivity index (χ3n) is 3.39. The quantitative estimate of drug-likeness (QED) is 0.545. The Bertz CT molecular complexity index is 986. The number of furan rings is 1. The third kappa shape index (κ3) is 2.65. The average molecular weight is 317 g/mol. The number of aryl methyl sites for hydroxylation is 1. The summed E-state index contributed by atoms with van der Waals surface area (Å²) in [5.41, 5.74) is 0.548. The predicted octanol–water partition coefficient (Wildman–Crippen LogP) is 3.34. The molecule has 116 valence electrons. The van der Waals surface area contributed by atoms with Crippen LogP contribution in [0.1, 0.15) is 27.2 Å². The number of benzene rings is 1. The van der Waals surface area contributed by atoms with E-state index in [1.165, 1.54) is 6.07 Å². The summed E-state index contributed by atoms with van der Waals surface area (Å²) in [6.45, 7) is 1.59. The number of carbonyl (C=O) groups is 1. The zero-order valence-electron chi connectivity index (χ0n) is 12.7. The second-order valence-electron chi connectivity index (χ2n) is 4.94. The van der Waals surface area contributed by atoms with Gasteiger partial charge in [-0.2, -0.15) is 10.5 Å². The summed E-state index contributed by atoms with van der Waals surface area (Å²) in [4.78, 5) is 12.5. The van der Waals surface area contributed by atoms with Gasteiger partial charge >= 0.3 is 5.97 Å². The number of esters is 1. The van der Waals surface area contributed by atoms with Gasteiger partial charge in [-0.15, -0.1) is 0 Å². The average Bonchev–Trinajstić information content (AvgIpc) is 3.21. The normalized spacial score (nSPS) is 9.96. The van der Waals surface area contributed by atoms with E-state index in [2.05, 4.69) is 0 Å². The minimum atomic E-state index is -0.707. The molecule has 0 fully saturated rings. The van der Waals surface area contributed by atoms with Crippen molar-refractivity contribution in [2.75, 3.05) is 0 Å². The van der Waals surface area contributed by atoms with Crippen molar-refractivity contribution in [3.8, 4) is 23.8 Å². The zero-order chi connectivity index (χ0) is 17.1. The van der Waals surface area contributed by atoms with Crippen LogP contribution in [0, 0.1) is 29.6 Å². The van der Waals surface area contributed by atoms with Crippen LogP contribution in [0.5, 0.6) is 5.75 Å². The lowest BCUT2D eigenvalue weighted by Crippen LogP contribution is -2.11. The van der Waals surface area contributed by atoms with Crippen molar-refractivity contribution < 1.29 is 13.9 Å². The number of nitrogens with zero attached hydrogens (tertiary/aromatic N) is 3. The summed E-state index contributed by atoms with van der Waals surface area (Å²) in [6, 6.07) is 13.8. The Morgan fingerprint density at radius 3 is 2.58 bits per heavy atom. The molecule has 0 aliphatic carbocycles. The highest BCUT2D eigenvalue weighted by Crippen LogP contribution is 2.27. The van der Waals surface area contributed by atoms with Gasteiger partial charge in [-0.05, 0) is 37.3 Å². The molecule has 0 atom stereocenters. The van der Waals surface area contributed by atoms with Crippen molar-refractivity contribution in [3.05, 3.63) is 71.2 Å². The summed E-state index contributed by atoms with van der Waals surface area (Å²) in [5.74, 6) is 0.0711. The van der Waals surface area contributed by atoms with Crippen LogP contribution < -0.4 is 4.74 Å². The molecule has 6 heteroatoms. The molecule has 2 heterocycles. The van der Waals surface area contributed by atoms with E-state index in [-0.39, 0.29) is 28.5 Å². The summed E-state index contributed by atoms with van der Waals surface area (Å²) in [6.07, 6.45) is 3.43. The van der Waals surface area contributed by atoms with E-state index in [9.17, 15) is 10.1 Å². The molecule has 0 unspecified atom stereocenters. The molecule has 0 bridgehead atoms. The highest BCUT2D eigenvalue weighted by molar-refractivity contribution is 5.95. The molecule has 0 saturated carbocycles. The van der Waals surface area contributed by atoms with Gasteiger partial charge in [-0.3, -0.25) is 4.57 Å². The molecule has 24 heavy (non-hydrogen) atoms. The predicted molar refractivity (Wildman–Crippen MR) is 83.6 cm³/mol. The Hall–Kier alpha value is -3.77. The minimum absolute atomic E-state index is 0.0727. The second-order valence-corrected chi connectivity index (χ2v) is 4.94.